The smallest absolute Gasteiger partial charge is 0.223 e. The average molecular weight is 288 g/mol. The molecule has 5 nitrogen and oxygen atoms in total. The Morgan fingerprint density at radius 3 is 3.05 bits per heavy atom. The molecule has 0 radical (unpaired) electrons. The van der Waals surface area contributed by atoms with Gasteiger partial charge in [-0.1, -0.05) is 0 Å². The van der Waals surface area contributed by atoms with Crippen LogP contribution in [0.1, 0.15) is 43.8 Å². The number of nitrogens with one attached hydrogen (secondary N) is 2. The summed E-state index contributed by atoms with van der Waals surface area (Å²) < 4.78 is 2.03. The molecule has 5 heteroatoms. The van der Waals surface area contributed by atoms with Crippen LogP contribution < -0.4 is 10.6 Å². The lowest BCUT2D eigenvalue weighted by Gasteiger charge is -2.25. The van der Waals surface area contributed by atoms with Crippen LogP contribution in [0.25, 0.3) is 0 Å². The number of aromatic nitrogens is 2. The number of hydrogen-bond acceptors (Lipinski definition) is 3. The second-order valence-electron chi connectivity index (χ2n) is 6.78. The zero-order valence-electron chi connectivity index (χ0n) is 12.4. The minimum absolute atomic E-state index is 0.169. The normalized spacial score (nSPS) is 32.5. The molecule has 1 saturated carbocycles. The number of aryl methyl sites for hydroxylation is 1. The van der Waals surface area contributed by atoms with E-state index in [1.54, 1.807) is 0 Å². The van der Waals surface area contributed by atoms with E-state index in [1.807, 2.05) is 16.9 Å². The molecule has 0 spiro atoms. The van der Waals surface area contributed by atoms with Crippen molar-refractivity contribution in [2.75, 3.05) is 13.1 Å². The van der Waals surface area contributed by atoms with Gasteiger partial charge in [0.2, 0.25) is 5.91 Å². The highest BCUT2D eigenvalue weighted by molar-refractivity contribution is 5.82. The van der Waals surface area contributed by atoms with Crippen molar-refractivity contribution in [3.63, 3.8) is 0 Å². The Bertz CT molecular complexity index is 520. The first-order chi connectivity index (χ1) is 10.3. The zero-order valence-corrected chi connectivity index (χ0v) is 12.4. The third-order valence-corrected chi connectivity index (χ3v) is 5.45. The molecule has 0 bridgehead atoms. The van der Waals surface area contributed by atoms with Crippen molar-refractivity contribution in [2.24, 2.45) is 17.8 Å². The summed E-state index contributed by atoms with van der Waals surface area (Å²) in [6.45, 7) is 3.23. The van der Waals surface area contributed by atoms with Crippen molar-refractivity contribution in [3.8, 4) is 0 Å². The SMILES string of the molecule is O=C(NC1CCCn2nccc21)[C@@H]1C[C@H]1C1CCNCC1. The van der Waals surface area contributed by atoms with Gasteiger partial charge in [-0.05, 0) is 63.1 Å². The lowest BCUT2D eigenvalue weighted by atomic mass is 9.92. The van der Waals surface area contributed by atoms with Crippen molar-refractivity contribution in [1.29, 1.82) is 0 Å². The van der Waals surface area contributed by atoms with Gasteiger partial charge in [0.05, 0.1) is 11.7 Å². The number of amides is 1. The zero-order chi connectivity index (χ0) is 14.2. The molecule has 1 unspecified atom stereocenters. The molecule has 1 amide bonds. The molecule has 1 saturated heterocycles. The van der Waals surface area contributed by atoms with E-state index in [1.165, 1.54) is 18.5 Å². The van der Waals surface area contributed by atoms with E-state index in [2.05, 4.69) is 15.7 Å². The van der Waals surface area contributed by atoms with Crippen LogP contribution in [0, 0.1) is 17.8 Å². The van der Waals surface area contributed by atoms with Crippen molar-refractivity contribution >= 4 is 5.91 Å². The average Bonchev–Trinajstić information content (AvgIpc) is 3.18. The fourth-order valence-corrected chi connectivity index (χ4v) is 4.15. The molecule has 1 aromatic heterocycles. The summed E-state index contributed by atoms with van der Waals surface area (Å²) in [5.41, 5.74) is 1.17. The maximum Gasteiger partial charge on any atom is 0.223 e. The lowest BCUT2D eigenvalue weighted by molar-refractivity contribution is -0.123. The molecule has 3 aliphatic rings. The fraction of sp³-hybridized carbons (Fsp3) is 0.750. The number of piperidine rings is 1. The third-order valence-electron chi connectivity index (χ3n) is 5.45. The van der Waals surface area contributed by atoms with Crippen molar-refractivity contribution in [2.45, 2.75) is 44.7 Å². The third kappa shape index (κ3) is 2.59. The van der Waals surface area contributed by atoms with Gasteiger partial charge in [0.15, 0.2) is 0 Å². The molecule has 21 heavy (non-hydrogen) atoms. The molecular formula is C16H24N4O. The van der Waals surface area contributed by atoms with Crippen LogP contribution in [-0.4, -0.2) is 28.8 Å². The summed E-state index contributed by atoms with van der Waals surface area (Å²) >= 11 is 0. The molecule has 3 heterocycles. The molecule has 0 aromatic carbocycles. The number of nitrogens with zero attached hydrogens (tertiary/aromatic N) is 2. The molecule has 3 atom stereocenters. The summed E-state index contributed by atoms with van der Waals surface area (Å²) in [6, 6.07) is 2.21. The van der Waals surface area contributed by atoms with Gasteiger partial charge in [0.25, 0.3) is 0 Å². The number of carbonyl (C=O) groups is 1. The van der Waals surface area contributed by atoms with E-state index < -0.39 is 0 Å². The van der Waals surface area contributed by atoms with E-state index in [-0.39, 0.29) is 17.9 Å². The van der Waals surface area contributed by atoms with Crippen LogP contribution in [0.15, 0.2) is 12.3 Å². The summed E-state index contributed by atoms with van der Waals surface area (Å²) in [5, 5.41) is 11.0. The minimum atomic E-state index is 0.169. The standard InChI is InChI=1S/C16H24N4O/c21-16(13-10-12(13)11-3-6-17-7-4-11)19-14-2-1-9-20-15(14)5-8-18-20/h5,8,11-14,17H,1-4,6-7,9-10H2,(H,19,21)/t12-,13+,14?/m0/s1. The Kier molecular flexibility index (Phi) is 3.45. The minimum Gasteiger partial charge on any atom is -0.347 e. The van der Waals surface area contributed by atoms with Crippen LogP contribution in [0.5, 0.6) is 0 Å². The van der Waals surface area contributed by atoms with Gasteiger partial charge in [0, 0.05) is 18.7 Å². The van der Waals surface area contributed by atoms with E-state index in [9.17, 15) is 4.79 Å². The molecule has 114 valence electrons. The van der Waals surface area contributed by atoms with Gasteiger partial charge in [-0.3, -0.25) is 9.48 Å². The molecule has 2 N–H and O–H groups in total. The number of hydrogen-bond donors (Lipinski definition) is 2. The molecule has 4 rings (SSSR count). The highest BCUT2D eigenvalue weighted by Gasteiger charge is 2.47. The first kappa shape index (κ1) is 13.3. The number of carbonyl (C=O) groups excluding carboxylic acids is 1. The Hall–Kier alpha value is -1.36. The largest absolute Gasteiger partial charge is 0.347 e. The molecule has 1 aliphatic carbocycles. The summed E-state index contributed by atoms with van der Waals surface area (Å²) in [4.78, 5) is 12.5. The van der Waals surface area contributed by atoms with Crippen LogP contribution >= 0.6 is 0 Å². The van der Waals surface area contributed by atoms with Crippen molar-refractivity contribution in [3.05, 3.63) is 18.0 Å². The van der Waals surface area contributed by atoms with Gasteiger partial charge >= 0.3 is 0 Å². The molecule has 1 aromatic rings. The lowest BCUT2D eigenvalue weighted by Crippen LogP contribution is -2.35. The maximum atomic E-state index is 12.5. The van der Waals surface area contributed by atoms with Crippen LogP contribution in [0.4, 0.5) is 0 Å². The van der Waals surface area contributed by atoms with Crippen LogP contribution in [-0.2, 0) is 11.3 Å². The van der Waals surface area contributed by atoms with Gasteiger partial charge in [-0.2, -0.15) is 5.10 Å². The molecular weight excluding hydrogens is 264 g/mol. The van der Waals surface area contributed by atoms with Crippen LogP contribution in [0.2, 0.25) is 0 Å². The van der Waals surface area contributed by atoms with Crippen molar-refractivity contribution in [1.82, 2.24) is 20.4 Å². The number of fused-ring (bicyclic) bond motifs is 1. The summed E-state index contributed by atoms with van der Waals surface area (Å²) in [6.07, 6.45) is 7.57. The first-order valence-electron chi connectivity index (χ1n) is 8.36. The Balaban J connectivity index is 1.35. The Morgan fingerprint density at radius 2 is 2.19 bits per heavy atom. The monoisotopic (exact) mass is 288 g/mol. The highest BCUT2D eigenvalue weighted by Crippen LogP contribution is 2.47. The maximum absolute atomic E-state index is 12.5. The first-order valence-corrected chi connectivity index (χ1v) is 8.36. The van der Waals surface area contributed by atoms with Gasteiger partial charge in [-0.25, -0.2) is 0 Å². The Morgan fingerprint density at radius 1 is 1.33 bits per heavy atom. The van der Waals surface area contributed by atoms with E-state index in [0.29, 0.717) is 5.92 Å². The van der Waals surface area contributed by atoms with E-state index in [4.69, 9.17) is 0 Å². The van der Waals surface area contributed by atoms with Crippen LogP contribution in [0.3, 0.4) is 0 Å². The summed E-state index contributed by atoms with van der Waals surface area (Å²) in [5.74, 6) is 1.95. The predicted octanol–water partition coefficient (Wildman–Crippen LogP) is 1.47. The van der Waals surface area contributed by atoms with Gasteiger partial charge in [0.1, 0.15) is 0 Å². The number of rotatable bonds is 3. The fourth-order valence-electron chi connectivity index (χ4n) is 4.15. The second kappa shape index (κ2) is 5.44. The molecule has 2 aliphatic heterocycles. The predicted molar refractivity (Wildman–Crippen MR) is 79.5 cm³/mol. The Labute approximate surface area is 125 Å². The van der Waals surface area contributed by atoms with E-state index in [0.717, 1.165) is 44.8 Å². The van der Waals surface area contributed by atoms with E-state index >= 15 is 0 Å². The quantitative estimate of drug-likeness (QED) is 0.885. The van der Waals surface area contributed by atoms with Gasteiger partial charge < -0.3 is 10.6 Å². The van der Waals surface area contributed by atoms with Crippen molar-refractivity contribution < 1.29 is 4.79 Å². The second-order valence-corrected chi connectivity index (χ2v) is 6.78. The molecule has 2 fully saturated rings. The highest BCUT2D eigenvalue weighted by atomic mass is 16.2. The summed E-state index contributed by atoms with van der Waals surface area (Å²) in [7, 11) is 0. The van der Waals surface area contributed by atoms with Gasteiger partial charge in [-0.15, -0.1) is 0 Å². The topological polar surface area (TPSA) is 59.0 Å².